The van der Waals surface area contributed by atoms with Crippen LogP contribution in [-0.4, -0.2) is 11.7 Å². The fourth-order valence-electron chi connectivity index (χ4n) is 2.11. The normalized spacial score (nSPS) is 14.5. The summed E-state index contributed by atoms with van der Waals surface area (Å²) in [5.74, 6) is 0.0265. The highest BCUT2D eigenvalue weighted by molar-refractivity contribution is 6.12. The quantitative estimate of drug-likeness (QED) is 0.491. The lowest BCUT2D eigenvalue weighted by Gasteiger charge is -2.08. The van der Waals surface area contributed by atoms with Gasteiger partial charge >= 0.3 is 5.97 Å². The minimum Gasteiger partial charge on any atom is -0.317 e. The third kappa shape index (κ3) is 3.42. The second kappa shape index (κ2) is 7.03. The molecule has 0 unspecified atom stereocenters. The molecule has 0 bridgehead atoms. The first-order valence-electron chi connectivity index (χ1n) is 6.96. The van der Waals surface area contributed by atoms with Crippen LogP contribution in [0.1, 0.15) is 11.1 Å². The summed E-state index contributed by atoms with van der Waals surface area (Å²) in [5.41, 5.74) is 2.41. The van der Waals surface area contributed by atoms with E-state index in [1.807, 2.05) is 60.7 Å². The Morgan fingerprint density at radius 3 is 1.77 bits per heavy atom. The van der Waals surface area contributed by atoms with Crippen LogP contribution in [0.15, 0.2) is 65.8 Å². The summed E-state index contributed by atoms with van der Waals surface area (Å²) < 4.78 is 0. The topological polar surface area (TPSA) is 38.7 Å². The van der Waals surface area contributed by atoms with Gasteiger partial charge in [0.25, 0.3) is 0 Å². The molecular weight excluding hydrogens is 274 g/mol. The first-order valence-corrected chi connectivity index (χ1v) is 6.96. The molecule has 0 heterocycles. The standard InChI is InChI=1S/C19H14NO2/c21-19(17-13-7-8-14-17)22-20-18(15-9-3-1-4-10-15)16-11-5-2-6-12-16/h1-14H. The second-order valence-electron chi connectivity index (χ2n) is 4.72. The van der Waals surface area contributed by atoms with Crippen molar-refractivity contribution in [3.05, 3.63) is 103 Å². The lowest BCUT2D eigenvalue weighted by molar-refractivity contribution is -0.140. The molecule has 0 N–H and O–H groups in total. The van der Waals surface area contributed by atoms with E-state index in [0.717, 1.165) is 11.1 Å². The zero-order chi connectivity index (χ0) is 15.2. The number of carbonyl (C=O) groups excluding carboxylic acids is 1. The van der Waals surface area contributed by atoms with E-state index < -0.39 is 5.97 Å². The summed E-state index contributed by atoms with van der Waals surface area (Å²) in [6.45, 7) is 0. The van der Waals surface area contributed by atoms with Crippen molar-refractivity contribution < 1.29 is 9.63 Å². The molecule has 3 rings (SSSR count). The van der Waals surface area contributed by atoms with Gasteiger partial charge < -0.3 is 4.84 Å². The molecule has 3 heteroatoms. The molecule has 0 spiro atoms. The van der Waals surface area contributed by atoms with E-state index in [1.165, 1.54) is 0 Å². The number of oxime groups is 1. The zero-order valence-corrected chi connectivity index (χ0v) is 11.8. The maximum absolute atomic E-state index is 11.9. The molecule has 2 aromatic rings. The maximum atomic E-state index is 11.9. The molecule has 0 saturated heterocycles. The van der Waals surface area contributed by atoms with Gasteiger partial charge in [-0.2, -0.15) is 0 Å². The van der Waals surface area contributed by atoms with Gasteiger partial charge in [-0.05, 0) is 25.7 Å². The van der Waals surface area contributed by atoms with Gasteiger partial charge in [-0.3, -0.25) is 0 Å². The minimum absolute atomic E-state index is 0.464. The van der Waals surface area contributed by atoms with Crippen LogP contribution in [0.2, 0.25) is 0 Å². The lowest BCUT2D eigenvalue weighted by atomic mass is 10.0. The number of rotatable bonds is 4. The summed E-state index contributed by atoms with van der Waals surface area (Å²) >= 11 is 0. The van der Waals surface area contributed by atoms with E-state index in [2.05, 4.69) is 5.16 Å². The Kier molecular flexibility index (Phi) is 4.64. The molecule has 1 aliphatic rings. The van der Waals surface area contributed by atoms with Gasteiger partial charge in [0, 0.05) is 11.1 Å². The second-order valence-corrected chi connectivity index (χ2v) is 4.72. The van der Waals surface area contributed by atoms with E-state index >= 15 is 0 Å². The molecular formula is C19H14NO2. The summed E-state index contributed by atoms with van der Waals surface area (Å²) in [6, 6.07) is 19.3. The van der Waals surface area contributed by atoms with Gasteiger partial charge in [-0.1, -0.05) is 65.8 Å². The van der Waals surface area contributed by atoms with Crippen LogP contribution in [0.3, 0.4) is 0 Å². The van der Waals surface area contributed by atoms with Crippen LogP contribution in [0.4, 0.5) is 0 Å². The average Bonchev–Trinajstić information content (AvgIpc) is 3.11. The number of hydrogen-bond donors (Lipinski definition) is 0. The first-order chi connectivity index (χ1) is 10.8. The molecule has 5 radical (unpaired) electrons. The van der Waals surface area contributed by atoms with Crippen LogP contribution in [0.25, 0.3) is 0 Å². The van der Waals surface area contributed by atoms with Crippen LogP contribution in [-0.2, 0) is 9.63 Å². The summed E-state index contributed by atoms with van der Waals surface area (Å²) in [7, 11) is 0. The molecule has 0 atom stereocenters. The van der Waals surface area contributed by atoms with E-state index in [9.17, 15) is 4.79 Å². The Morgan fingerprint density at radius 1 is 0.773 bits per heavy atom. The monoisotopic (exact) mass is 288 g/mol. The molecule has 1 fully saturated rings. The van der Waals surface area contributed by atoms with Crippen molar-refractivity contribution >= 4 is 11.7 Å². The highest BCUT2D eigenvalue weighted by Gasteiger charge is 2.26. The molecule has 0 aliphatic heterocycles. The number of carbonyl (C=O) groups is 1. The van der Waals surface area contributed by atoms with Crippen molar-refractivity contribution in [2.75, 3.05) is 0 Å². The third-order valence-electron chi connectivity index (χ3n) is 3.21. The van der Waals surface area contributed by atoms with Crippen LogP contribution < -0.4 is 0 Å². The lowest BCUT2D eigenvalue weighted by Crippen LogP contribution is -2.13. The third-order valence-corrected chi connectivity index (χ3v) is 3.21. The number of benzene rings is 2. The van der Waals surface area contributed by atoms with Crippen LogP contribution >= 0.6 is 0 Å². The predicted molar refractivity (Wildman–Crippen MR) is 85.1 cm³/mol. The predicted octanol–water partition coefficient (Wildman–Crippen LogP) is 3.39. The summed E-state index contributed by atoms with van der Waals surface area (Å²) in [5, 5.41) is 4.09. The van der Waals surface area contributed by atoms with Gasteiger partial charge in [-0.15, -0.1) is 0 Å². The molecule has 1 aliphatic carbocycles. The van der Waals surface area contributed by atoms with Gasteiger partial charge in [0.15, 0.2) is 0 Å². The largest absolute Gasteiger partial charge is 0.342 e. The Morgan fingerprint density at radius 2 is 1.27 bits per heavy atom. The van der Waals surface area contributed by atoms with Crippen molar-refractivity contribution in [2.24, 2.45) is 5.16 Å². The highest BCUT2D eigenvalue weighted by Crippen LogP contribution is 2.24. The Labute approximate surface area is 130 Å². The van der Waals surface area contributed by atoms with Crippen LogP contribution in [0, 0.1) is 31.6 Å². The van der Waals surface area contributed by atoms with Crippen molar-refractivity contribution in [3.63, 3.8) is 0 Å². The average molecular weight is 288 g/mol. The summed E-state index contributed by atoms with van der Waals surface area (Å²) in [6.07, 6.45) is 6.97. The molecule has 1 saturated carbocycles. The van der Waals surface area contributed by atoms with Gasteiger partial charge in [0.1, 0.15) is 5.71 Å². The first kappa shape index (κ1) is 14.5. The van der Waals surface area contributed by atoms with Crippen molar-refractivity contribution in [2.45, 2.75) is 0 Å². The van der Waals surface area contributed by atoms with Gasteiger partial charge in [0.05, 0.1) is 5.92 Å². The van der Waals surface area contributed by atoms with E-state index in [-0.39, 0.29) is 0 Å². The van der Waals surface area contributed by atoms with E-state index in [0.29, 0.717) is 11.6 Å². The Hall–Kier alpha value is -2.42. The molecule has 22 heavy (non-hydrogen) atoms. The van der Waals surface area contributed by atoms with Gasteiger partial charge in [0.2, 0.25) is 0 Å². The van der Waals surface area contributed by atoms with E-state index in [4.69, 9.17) is 4.84 Å². The fraction of sp³-hybridized carbons (Fsp3) is 0. The molecule has 2 aromatic carbocycles. The maximum Gasteiger partial charge on any atom is 0.342 e. The van der Waals surface area contributed by atoms with Crippen LogP contribution in [0.5, 0.6) is 0 Å². The zero-order valence-electron chi connectivity index (χ0n) is 11.8. The number of nitrogens with zero attached hydrogens (tertiary/aromatic N) is 1. The molecule has 0 aromatic heterocycles. The molecule has 107 valence electrons. The van der Waals surface area contributed by atoms with Crippen molar-refractivity contribution in [3.8, 4) is 0 Å². The summed E-state index contributed by atoms with van der Waals surface area (Å²) in [4.78, 5) is 17.0. The fourth-order valence-corrected chi connectivity index (χ4v) is 2.11. The molecule has 3 nitrogen and oxygen atoms in total. The number of hydrogen-bond acceptors (Lipinski definition) is 3. The van der Waals surface area contributed by atoms with Crippen molar-refractivity contribution in [1.82, 2.24) is 0 Å². The molecule has 0 amide bonds. The Bertz CT molecular complexity index is 602. The Balaban J connectivity index is 1.85. The van der Waals surface area contributed by atoms with E-state index in [1.54, 1.807) is 25.7 Å². The van der Waals surface area contributed by atoms with Gasteiger partial charge in [-0.25, -0.2) is 4.79 Å². The highest BCUT2D eigenvalue weighted by atomic mass is 16.7. The van der Waals surface area contributed by atoms with Crippen molar-refractivity contribution in [1.29, 1.82) is 0 Å². The minimum atomic E-state index is -0.464. The SMILES string of the molecule is O=C(ON=C(c1ccccc1)c1ccccc1)[C]1[CH][CH][CH][CH]1. The smallest absolute Gasteiger partial charge is 0.317 e.